The number of nitrogens with one attached hydrogen (secondary N) is 2. The molecule has 7 nitrogen and oxygen atoms in total. The van der Waals surface area contributed by atoms with E-state index in [2.05, 4.69) is 30.6 Å². The number of nitriles is 1. The van der Waals surface area contributed by atoms with E-state index in [0.29, 0.717) is 46.9 Å². The van der Waals surface area contributed by atoms with Gasteiger partial charge >= 0.3 is 0 Å². The lowest BCUT2D eigenvalue weighted by Crippen LogP contribution is -2.51. The first kappa shape index (κ1) is 25.9. The fourth-order valence-electron chi connectivity index (χ4n) is 7.10. The van der Waals surface area contributed by atoms with Crippen LogP contribution in [0.4, 0.5) is 0 Å². The van der Waals surface area contributed by atoms with Gasteiger partial charge in [0.1, 0.15) is 17.6 Å². The molecule has 4 aliphatic carbocycles. The van der Waals surface area contributed by atoms with E-state index in [0.717, 1.165) is 57.8 Å². The zero-order valence-electron chi connectivity index (χ0n) is 22.5. The summed E-state index contributed by atoms with van der Waals surface area (Å²) in [6, 6.07) is 5.26. The molecule has 0 spiro atoms. The molecule has 5 rings (SSSR count). The zero-order valence-corrected chi connectivity index (χ0v) is 22.5. The summed E-state index contributed by atoms with van der Waals surface area (Å²) in [5.74, 6) is 1.71. The third-order valence-corrected chi connectivity index (χ3v) is 9.69. The Morgan fingerprint density at radius 2 is 1.81 bits per heavy atom. The van der Waals surface area contributed by atoms with Gasteiger partial charge in [0.2, 0.25) is 5.91 Å². The summed E-state index contributed by atoms with van der Waals surface area (Å²) in [6.45, 7) is 5.20. The number of methoxy groups -OCH3 is 1. The number of amides is 2. The molecule has 2 bridgehead atoms. The molecule has 4 atom stereocenters. The highest BCUT2D eigenvalue weighted by Crippen LogP contribution is 2.49. The van der Waals surface area contributed by atoms with Crippen LogP contribution < -0.4 is 20.1 Å². The van der Waals surface area contributed by atoms with Gasteiger partial charge in [-0.25, -0.2) is 0 Å². The van der Waals surface area contributed by atoms with Crippen LogP contribution in [0.5, 0.6) is 11.5 Å². The summed E-state index contributed by atoms with van der Waals surface area (Å²) < 4.78 is 11.8. The van der Waals surface area contributed by atoms with E-state index in [1.165, 1.54) is 13.5 Å². The van der Waals surface area contributed by atoms with Crippen LogP contribution in [0.2, 0.25) is 0 Å². The highest BCUT2D eigenvalue weighted by atomic mass is 16.5. The number of fused-ring (bicyclic) bond motifs is 2. The molecule has 1 aromatic rings. The molecule has 0 radical (unpaired) electrons. The topological polar surface area (TPSA) is 100 Å². The number of hydrogen-bond acceptors (Lipinski definition) is 5. The van der Waals surface area contributed by atoms with Crippen LogP contribution in [-0.2, 0) is 4.79 Å². The summed E-state index contributed by atoms with van der Waals surface area (Å²) in [5, 5.41) is 16.2. The van der Waals surface area contributed by atoms with E-state index in [4.69, 9.17) is 9.47 Å². The Balaban J connectivity index is 1.32. The zero-order chi connectivity index (χ0) is 26.2. The predicted octanol–water partition coefficient (Wildman–Crippen LogP) is 4.98. The lowest BCUT2D eigenvalue weighted by Gasteiger charge is -2.39. The van der Waals surface area contributed by atoms with E-state index in [-0.39, 0.29) is 35.3 Å². The molecule has 4 aliphatic rings. The number of hydrogen-bond donors (Lipinski definition) is 2. The number of rotatable bonds is 8. The molecule has 0 saturated heterocycles. The monoisotopic (exact) mass is 507 g/mol. The minimum absolute atomic E-state index is 0.0452. The summed E-state index contributed by atoms with van der Waals surface area (Å²) in [5.41, 5.74) is 0.938. The van der Waals surface area contributed by atoms with E-state index >= 15 is 0 Å². The predicted molar refractivity (Wildman–Crippen MR) is 140 cm³/mol. The average Bonchev–Trinajstić information content (AvgIpc) is 3.49. The van der Waals surface area contributed by atoms with Crippen molar-refractivity contribution < 1.29 is 19.1 Å². The Hall–Kier alpha value is -2.75. The quantitative estimate of drug-likeness (QED) is 0.517. The van der Waals surface area contributed by atoms with Crippen molar-refractivity contribution in [3.8, 4) is 17.6 Å². The van der Waals surface area contributed by atoms with E-state index in [1.54, 1.807) is 12.1 Å². The second kappa shape index (κ2) is 10.6. The molecule has 7 heteroatoms. The molecule has 1 aromatic carbocycles. The summed E-state index contributed by atoms with van der Waals surface area (Å²) in [7, 11) is 1.51. The van der Waals surface area contributed by atoms with Gasteiger partial charge in [-0.1, -0.05) is 20.3 Å². The highest BCUT2D eigenvalue weighted by Gasteiger charge is 2.51. The van der Waals surface area contributed by atoms with Crippen molar-refractivity contribution >= 4 is 11.8 Å². The lowest BCUT2D eigenvalue weighted by atomic mass is 9.70. The van der Waals surface area contributed by atoms with Gasteiger partial charge in [0.15, 0.2) is 0 Å². The van der Waals surface area contributed by atoms with Gasteiger partial charge < -0.3 is 20.1 Å². The molecular weight excluding hydrogens is 466 g/mol. The van der Waals surface area contributed by atoms with Crippen molar-refractivity contribution in [2.45, 2.75) is 90.2 Å². The fourth-order valence-corrected chi connectivity index (χ4v) is 7.10. The molecule has 4 saturated carbocycles. The summed E-state index contributed by atoms with van der Waals surface area (Å²) >= 11 is 0. The SMILES string of the molecule is COc1cc(C#N)c(O[C@H]2CC[C@H](C)CC2)cc1C(=O)N[C@@H]1[C@@H]2CC[C@@H](C2)[C@@H]1C(=O)NCC1(C)CCC1. The van der Waals surface area contributed by atoms with Gasteiger partial charge in [-0.15, -0.1) is 0 Å². The van der Waals surface area contributed by atoms with Crippen molar-refractivity contribution in [3.63, 3.8) is 0 Å². The van der Waals surface area contributed by atoms with Crippen molar-refractivity contribution in [2.75, 3.05) is 13.7 Å². The minimum atomic E-state index is -0.273. The first-order valence-corrected chi connectivity index (χ1v) is 14.2. The van der Waals surface area contributed by atoms with Gasteiger partial charge in [-0.3, -0.25) is 9.59 Å². The van der Waals surface area contributed by atoms with Gasteiger partial charge in [-0.2, -0.15) is 5.26 Å². The van der Waals surface area contributed by atoms with Gasteiger partial charge in [0, 0.05) is 18.7 Å². The third kappa shape index (κ3) is 5.30. The summed E-state index contributed by atoms with van der Waals surface area (Å²) in [6.07, 6.45) is 10.8. The number of carbonyl (C=O) groups excluding carboxylic acids is 2. The molecule has 200 valence electrons. The molecule has 37 heavy (non-hydrogen) atoms. The Kier molecular flexibility index (Phi) is 7.38. The van der Waals surface area contributed by atoms with E-state index in [9.17, 15) is 14.9 Å². The number of ether oxygens (including phenoxy) is 2. The second-order valence-electron chi connectivity index (χ2n) is 12.4. The van der Waals surface area contributed by atoms with Crippen LogP contribution in [0.15, 0.2) is 12.1 Å². The van der Waals surface area contributed by atoms with Crippen LogP contribution in [-0.4, -0.2) is 37.6 Å². The van der Waals surface area contributed by atoms with E-state index in [1.807, 2.05) is 0 Å². The highest BCUT2D eigenvalue weighted by molar-refractivity contribution is 5.98. The first-order chi connectivity index (χ1) is 17.8. The fraction of sp³-hybridized carbons (Fsp3) is 0.700. The normalized spacial score (nSPS) is 31.6. The van der Waals surface area contributed by atoms with Gasteiger partial charge in [-0.05, 0) is 87.0 Å². The Bertz CT molecular complexity index is 1070. The molecule has 0 aliphatic heterocycles. The summed E-state index contributed by atoms with van der Waals surface area (Å²) in [4.78, 5) is 26.9. The second-order valence-corrected chi connectivity index (χ2v) is 12.4. The van der Waals surface area contributed by atoms with Crippen LogP contribution in [0.25, 0.3) is 0 Å². The maximum absolute atomic E-state index is 13.6. The molecule has 2 amide bonds. The maximum Gasteiger partial charge on any atom is 0.255 e. The van der Waals surface area contributed by atoms with Crippen LogP contribution in [0, 0.1) is 40.4 Å². The number of nitrogens with zero attached hydrogens (tertiary/aromatic N) is 1. The Morgan fingerprint density at radius 1 is 1.08 bits per heavy atom. The first-order valence-electron chi connectivity index (χ1n) is 14.2. The van der Waals surface area contributed by atoms with Crippen LogP contribution in [0.1, 0.15) is 94.0 Å². The molecule has 0 aromatic heterocycles. The molecule has 0 heterocycles. The maximum atomic E-state index is 13.6. The third-order valence-electron chi connectivity index (χ3n) is 9.69. The van der Waals surface area contributed by atoms with Crippen LogP contribution in [0.3, 0.4) is 0 Å². The average molecular weight is 508 g/mol. The number of benzene rings is 1. The van der Waals surface area contributed by atoms with Gasteiger partial charge in [0.25, 0.3) is 5.91 Å². The minimum Gasteiger partial charge on any atom is -0.496 e. The Morgan fingerprint density at radius 3 is 2.46 bits per heavy atom. The van der Waals surface area contributed by atoms with Crippen molar-refractivity contribution in [3.05, 3.63) is 23.3 Å². The van der Waals surface area contributed by atoms with Crippen molar-refractivity contribution in [1.29, 1.82) is 5.26 Å². The molecule has 0 unspecified atom stereocenters. The number of carbonyl (C=O) groups is 2. The standard InChI is InChI=1S/C30H41N3O4/c1-18-5-9-22(10-6-18)37-24-15-23(25(36-3)14-21(24)16-31)28(34)33-27-20-8-7-19(13-20)26(27)29(35)32-17-30(2)11-4-12-30/h14-15,18-20,22,26-27H,4-13,17H2,1-3H3,(H,32,35)(H,33,34)/t18-,19-,20+,22-,26-,27+/m0/s1. The van der Waals surface area contributed by atoms with Crippen LogP contribution >= 0.6 is 0 Å². The van der Waals surface area contributed by atoms with E-state index < -0.39 is 0 Å². The van der Waals surface area contributed by atoms with Crippen molar-refractivity contribution in [2.24, 2.45) is 29.1 Å². The lowest BCUT2D eigenvalue weighted by molar-refractivity contribution is -0.128. The largest absolute Gasteiger partial charge is 0.496 e. The smallest absolute Gasteiger partial charge is 0.255 e. The van der Waals surface area contributed by atoms with Gasteiger partial charge in [0.05, 0.1) is 30.3 Å². The Labute approximate surface area is 220 Å². The molecule has 2 N–H and O–H groups in total. The van der Waals surface area contributed by atoms with Crippen molar-refractivity contribution in [1.82, 2.24) is 10.6 Å². The molecule has 4 fully saturated rings. The molecular formula is C30H41N3O4.